The molecule has 3 nitrogen and oxygen atoms in total. The van der Waals surface area contributed by atoms with E-state index in [-0.39, 0.29) is 11.7 Å². The highest BCUT2D eigenvalue weighted by Crippen LogP contribution is 2.37. The molecule has 0 saturated carbocycles. The minimum Gasteiger partial charge on any atom is -0.382 e. The van der Waals surface area contributed by atoms with E-state index in [2.05, 4.69) is 6.07 Å². The van der Waals surface area contributed by atoms with Crippen molar-refractivity contribution in [2.75, 3.05) is 26.9 Å². The van der Waals surface area contributed by atoms with Crippen molar-refractivity contribution in [3.8, 4) is 0 Å². The number of carbonyl (C=O) groups is 1. The van der Waals surface area contributed by atoms with Gasteiger partial charge in [-0.05, 0) is 18.1 Å². The van der Waals surface area contributed by atoms with Gasteiger partial charge in [-0.25, -0.2) is 0 Å². The molecule has 1 atom stereocenters. The standard InChI is InChI=1S/C19H20O3/c1-13-7-8-16-17(11-13)18(12-22-10-9-21-2)14-5-3-4-6-15(14)19(16)20/h3-8,11,18H,9-10,12H2,1-2H3. The number of methoxy groups -OCH3 is 1. The van der Waals surface area contributed by atoms with Gasteiger partial charge in [-0.15, -0.1) is 0 Å². The molecule has 1 unspecified atom stereocenters. The number of ether oxygens (including phenoxy) is 2. The number of aryl methyl sites for hydroxylation is 1. The maximum absolute atomic E-state index is 12.7. The van der Waals surface area contributed by atoms with Gasteiger partial charge in [-0.1, -0.05) is 48.0 Å². The van der Waals surface area contributed by atoms with E-state index in [1.807, 2.05) is 43.3 Å². The molecule has 1 aliphatic rings. The second kappa shape index (κ2) is 6.42. The van der Waals surface area contributed by atoms with E-state index in [0.29, 0.717) is 19.8 Å². The van der Waals surface area contributed by atoms with Gasteiger partial charge in [-0.3, -0.25) is 4.79 Å². The number of hydrogen-bond donors (Lipinski definition) is 0. The summed E-state index contributed by atoms with van der Waals surface area (Å²) in [4.78, 5) is 12.7. The van der Waals surface area contributed by atoms with Gasteiger partial charge < -0.3 is 9.47 Å². The third kappa shape index (κ3) is 2.70. The Kier molecular flexibility index (Phi) is 4.36. The average Bonchev–Trinajstić information content (AvgIpc) is 2.54. The van der Waals surface area contributed by atoms with Crippen molar-refractivity contribution in [2.24, 2.45) is 0 Å². The molecule has 2 aromatic carbocycles. The largest absolute Gasteiger partial charge is 0.382 e. The predicted octanol–water partition coefficient (Wildman–Crippen LogP) is 3.33. The molecule has 3 rings (SSSR count). The molecule has 0 radical (unpaired) electrons. The van der Waals surface area contributed by atoms with Gasteiger partial charge in [0.15, 0.2) is 5.78 Å². The fourth-order valence-electron chi connectivity index (χ4n) is 3.02. The lowest BCUT2D eigenvalue weighted by atomic mass is 9.77. The van der Waals surface area contributed by atoms with Crippen molar-refractivity contribution >= 4 is 5.78 Å². The second-order valence-electron chi connectivity index (χ2n) is 5.63. The first kappa shape index (κ1) is 14.9. The number of benzene rings is 2. The molecule has 0 N–H and O–H groups in total. The molecule has 0 fully saturated rings. The van der Waals surface area contributed by atoms with E-state index in [4.69, 9.17) is 9.47 Å². The van der Waals surface area contributed by atoms with Gasteiger partial charge in [0.05, 0.1) is 19.8 Å². The third-order valence-corrected chi connectivity index (χ3v) is 4.12. The van der Waals surface area contributed by atoms with Crippen molar-refractivity contribution in [1.82, 2.24) is 0 Å². The minimum absolute atomic E-state index is 0.0978. The van der Waals surface area contributed by atoms with Crippen LogP contribution < -0.4 is 0 Å². The summed E-state index contributed by atoms with van der Waals surface area (Å²) in [5.41, 5.74) is 4.88. The zero-order valence-corrected chi connectivity index (χ0v) is 13.0. The summed E-state index contributed by atoms with van der Waals surface area (Å²) in [6.07, 6.45) is 0. The number of hydrogen-bond acceptors (Lipinski definition) is 3. The molecule has 0 aliphatic heterocycles. The first-order chi connectivity index (χ1) is 10.7. The molecular formula is C19H20O3. The van der Waals surface area contributed by atoms with E-state index in [1.54, 1.807) is 7.11 Å². The summed E-state index contributed by atoms with van der Waals surface area (Å²) < 4.78 is 10.8. The number of carbonyl (C=O) groups excluding carboxylic acids is 1. The van der Waals surface area contributed by atoms with E-state index in [9.17, 15) is 4.79 Å². The van der Waals surface area contributed by atoms with Crippen LogP contribution in [0.3, 0.4) is 0 Å². The summed E-state index contributed by atoms with van der Waals surface area (Å²) >= 11 is 0. The van der Waals surface area contributed by atoms with Crippen LogP contribution in [0, 0.1) is 6.92 Å². The Bertz CT molecular complexity index is 691. The summed E-state index contributed by atoms with van der Waals surface area (Å²) in [7, 11) is 1.66. The fraction of sp³-hybridized carbons (Fsp3) is 0.316. The average molecular weight is 296 g/mol. The zero-order chi connectivity index (χ0) is 15.5. The number of ketones is 1. The Morgan fingerprint density at radius 2 is 1.77 bits per heavy atom. The number of fused-ring (bicyclic) bond motifs is 2. The van der Waals surface area contributed by atoms with Gasteiger partial charge in [0, 0.05) is 24.2 Å². The Hall–Kier alpha value is -1.97. The molecule has 3 heteroatoms. The van der Waals surface area contributed by atoms with E-state index >= 15 is 0 Å². The fourth-order valence-corrected chi connectivity index (χ4v) is 3.02. The van der Waals surface area contributed by atoms with Crippen molar-refractivity contribution in [2.45, 2.75) is 12.8 Å². The quantitative estimate of drug-likeness (QED) is 0.794. The molecular weight excluding hydrogens is 276 g/mol. The van der Waals surface area contributed by atoms with Gasteiger partial charge in [-0.2, -0.15) is 0 Å². The van der Waals surface area contributed by atoms with Crippen LogP contribution in [0.1, 0.15) is 38.5 Å². The molecule has 22 heavy (non-hydrogen) atoms. The predicted molar refractivity (Wildman–Crippen MR) is 85.6 cm³/mol. The Labute approximate surface area is 130 Å². The minimum atomic E-state index is 0.0978. The van der Waals surface area contributed by atoms with E-state index in [0.717, 1.165) is 27.8 Å². The summed E-state index contributed by atoms with van der Waals surface area (Å²) in [6.45, 7) is 3.75. The molecule has 0 spiro atoms. The highest BCUT2D eigenvalue weighted by Gasteiger charge is 2.30. The first-order valence-corrected chi connectivity index (χ1v) is 7.53. The van der Waals surface area contributed by atoms with Gasteiger partial charge in [0.2, 0.25) is 0 Å². The Morgan fingerprint density at radius 1 is 1.00 bits per heavy atom. The lowest BCUT2D eigenvalue weighted by Gasteiger charge is -2.27. The van der Waals surface area contributed by atoms with Crippen molar-refractivity contribution in [1.29, 1.82) is 0 Å². The molecule has 2 aromatic rings. The summed E-state index contributed by atoms with van der Waals surface area (Å²) in [5, 5.41) is 0. The van der Waals surface area contributed by atoms with Crippen molar-refractivity contribution in [3.63, 3.8) is 0 Å². The molecule has 0 aromatic heterocycles. The second-order valence-corrected chi connectivity index (χ2v) is 5.63. The van der Waals surface area contributed by atoms with Gasteiger partial charge in [0.1, 0.15) is 0 Å². The molecule has 1 aliphatic carbocycles. The lowest BCUT2D eigenvalue weighted by Crippen LogP contribution is -2.23. The van der Waals surface area contributed by atoms with Crippen LogP contribution in [-0.2, 0) is 9.47 Å². The molecule has 0 bridgehead atoms. The summed E-state index contributed by atoms with van der Waals surface area (Å²) in [6, 6.07) is 13.9. The molecule has 0 saturated heterocycles. The molecule has 0 heterocycles. The number of rotatable bonds is 5. The first-order valence-electron chi connectivity index (χ1n) is 7.53. The van der Waals surface area contributed by atoms with Crippen molar-refractivity contribution in [3.05, 3.63) is 70.3 Å². The van der Waals surface area contributed by atoms with Crippen LogP contribution in [0.4, 0.5) is 0 Å². The molecule has 0 amide bonds. The third-order valence-electron chi connectivity index (χ3n) is 4.12. The van der Waals surface area contributed by atoms with Crippen LogP contribution in [-0.4, -0.2) is 32.7 Å². The molecule has 114 valence electrons. The Morgan fingerprint density at radius 3 is 2.59 bits per heavy atom. The smallest absolute Gasteiger partial charge is 0.193 e. The summed E-state index contributed by atoms with van der Waals surface area (Å²) in [5.74, 6) is 0.208. The van der Waals surface area contributed by atoms with Gasteiger partial charge in [0.25, 0.3) is 0 Å². The highest BCUT2D eigenvalue weighted by molar-refractivity contribution is 6.12. The normalized spacial score (nSPS) is 16.3. The van der Waals surface area contributed by atoms with Crippen LogP contribution in [0.2, 0.25) is 0 Å². The van der Waals surface area contributed by atoms with Crippen LogP contribution in [0.25, 0.3) is 0 Å². The van der Waals surface area contributed by atoms with Crippen LogP contribution >= 0.6 is 0 Å². The van der Waals surface area contributed by atoms with E-state index in [1.165, 1.54) is 0 Å². The topological polar surface area (TPSA) is 35.5 Å². The van der Waals surface area contributed by atoms with E-state index < -0.39 is 0 Å². The van der Waals surface area contributed by atoms with Gasteiger partial charge >= 0.3 is 0 Å². The maximum atomic E-state index is 12.7. The Balaban J connectivity index is 1.99. The highest BCUT2D eigenvalue weighted by atomic mass is 16.5. The maximum Gasteiger partial charge on any atom is 0.193 e. The zero-order valence-electron chi connectivity index (χ0n) is 13.0. The lowest BCUT2D eigenvalue weighted by molar-refractivity contribution is 0.0664. The van der Waals surface area contributed by atoms with Crippen molar-refractivity contribution < 1.29 is 14.3 Å². The van der Waals surface area contributed by atoms with Crippen LogP contribution in [0.15, 0.2) is 42.5 Å². The monoisotopic (exact) mass is 296 g/mol. The van der Waals surface area contributed by atoms with Crippen LogP contribution in [0.5, 0.6) is 0 Å². The SMILES string of the molecule is COCCOCC1c2ccccc2C(=O)c2ccc(C)cc21.